The van der Waals surface area contributed by atoms with Gasteiger partial charge in [0.25, 0.3) is 11.8 Å². The van der Waals surface area contributed by atoms with Gasteiger partial charge in [0.05, 0.1) is 10.6 Å². The fourth-order valence-electron chi connectivity index (χ4n) is 2.27. The van der Waals surface area contributed by atoms with E-state index in [4.69, 9.17) is 4.42 Å². The second-order valence-electron chi connectivity index (χ2n) is 6.07. The van der Waals surface area contributed by atoms with Crippen molar-refractivity contribution in [2.75, 3.05) is 11.1 Å². The molecule has 0 saturated carbocycles. The number of amides is 1. The number of carbonyl (C=O) groups is 1. The lowest BCUT2D eigenvalue weighted by molar-refractivity contribution is 0.102. The SMILES string of the molecule is CCS(=O)(=O)c1ccc(C(=O)Nc2nnc(-c3ccn(C(C)C)n3)o2)cc1. The quantitative estimate of drug-likeness (QED) is 0.688. The van der Waals surface area contributed by atoms with Crippen molar-refractivity contribution in [2.45, 2.75) is 31.7 Å². The lowest BCUT2D eigenvalue weighted by Crippen LogP contribution is -2.12. The number of sulfone groups is 1. The molecule has 0 bridgehead atoms. The van der Waals surface area contributed by atoms with Gasteiger partial charge < -0.3 is 4.42 Å². The summed E-state index contributed by atoms with van der Waals surface area (Å²) < 4.78 is 30.8. The minimum Gasteiger partial charge on any atom is -0.401 e. The fraction of sp³-hybridized carbons (Fsp3) is 0.294. The van der Waals surface area contributed by atoms with E-state index in [1.165, 1.54) is 24.3 Å². The number of aromatic nitrogens is 4. The van der Waals surface area contributed by atoms with E-state index < -0.39 is 15.7 Å². The Morgan fingerprint density at radius 1 is 1.19 bits per heavy atom. The molecule has 142 valence electrons. The third kappa shape index (κ3) is 4.05. The van der Waals surface area contributed by atoms with Crippen LogP contribution >= 0.6 is 0 Å². The highest BCUT2D eigenvalue weighted by Gasteiger charge is 2.16. The van der Waals surface area contributed by atoms with Crippen molar-refractivity contribution in [2.24, 2.45) is 0 Å². The molecular formula is C17H19N5O4S. The van der Waals surface area contributed by atoms with Crippen LogP contribution in [-0.4, -0.2) is 40.1 Å². The standard InChI is InChI=1S/C17H19N5O4S/c1-4-27(24,25)13-7-5-12(6-8-13)15(23)18-17-20-19-16(26-17)14-9-10-22(21-14)11(2)3/h5-11H,4H2,1-3H3,(H,18,20,23). The van der Waals surface area contributed by atoms with E-state index in [-0.39, 0.29) is 34.2 Å². The number of nitrogens with zero attached hydrogens (tertiary/aromatic N) is 4. The van der Waals surface area contributed by atoms with Gasteiger partial charge in [-0.2, -0.15) is 5.10 Å². The van der Waals surface area contributed by atoms with Crippen LogP contribution in [0.5, 0.6) is 0 Å². The zero-order valence-electron chi connectivity index (χ0n) is 15.1. The van der Waals surface area contributed by atoms with Gasteiger partial charge in [-0.25, -0.2) is 8.42 Å². The summed E-state index contributed by atoms with van der Waals surface area (Å²) in [6, 6.07) is 7.52. The van der Waals surface area contributed by atoms with Crippen LogP contribution in [0.3, 0.4) is 0 Å². The Hall–Kier alpha value is -3.01. The highest BCUT2D eigenvalue weighted by molar-refractivity contribution is 7.91. The van der Waals surface area contributed by atoms with Crippen LogP contribution in [0.25, 0.3) is 11.6 Å². The maximum Gasteiger partial charge on any atom is 0.322 e. The van der Waals surface area contributed by atoms with Crippen LogP contribution in [0.15, 0.2) is 45.8 Å². The molecule has 1 amide bonds. The number of benzene rings is 1. The van der Waals surface area contributed by atoms with Gasteiger partial charge in [0, 0.05) is 17.8 Å². The first-order chi connectivity index (χ1) is 12.8. The molecule has 0 saturated heterocycles. The molecule has 0 spiro atoms. The van der Waals surface area contributed by atoms with Crippen molar-refractivity contribution in [3.8, 4) is 11.6 Å². The predicted molar refractivity (Wildman–Crippen MR) is 98.0 cm³/mol. The lowest BCUT2D eigenvalue weighted by atomic mass is 10.2. The van der Waals surface area contributed by atoms with E-state index in [9.17, 15) is 13.2 Å². The van der Waals surface area contributed by atoms with Gasteiger partial charge >= 0.3 is 6.01 Å². The lowest BCUT2D eigenvalue weighted by Gasteiger charge is -2.03. The summed E-state index contributed by atoms with van der Waals surface area (Å²) in [6.07, 6.45) is 1.80. The Kier molecular flexibility index (Phi) is 5.08. The molecule has 0 aliphatic heterocycles. The Morgan fingerprint density at radius 3 is 2.48 bits per heavy atom. The van der Waals surface area contributed by atoms with E-state index in [0.29, 0.717) is 5.69 Å². The van der Waals surface area contributed by atoms with E-state index in [0.717, 1.165) is 0 Å². The molecule has 0 radical (unpaired) electrons. The minimum absolute atomic E-state index is 0.00409. The molecule has 0 atom stereocenters. The summed E-state index contributed by atoms with van der Waals surface area (Å²) in [5, 5.41) is 14.5. The third-order valence-electron chi connectivity index (χ3n) is 3.86. The van der Waals surface area contributed by atoms with Gasteiger partial charge in [0.1, 0.15) is 5.69 Å². The molecule has 0 aliphatic rings. The van der Waals surface area contributed by atoms with Gasteiger partial charge in [-0.15, -0.1) is 5.10 Å². The average molecular weight is 389 g/mol. The second-order valence-corrected chi connectivity index (χ2v) is 8.35. The number of rotatable bonds is 6. The molecule has 3 aromatic rings. The molecule has 10 heteroatoms. The smallest absolute Gasteiger partial charge is 0.322 e. The third-order valence-corrected chi connectivity index (χ3v) is 5.61. The molecule has 2 heterocycles. The molecule has 2 aromatic heterocycles. The Labute approximate surface area is 156 Å². The van der Waals surface area contributed by atoms with Gasteiger partial charge in [-0.05, 0) is 44.2 Å². The van der Waals surface area contributed by atoms with Gasteiger partial charge in [0.15, 0.2) is 9.84 Å². The number of carbonyl (C=O) groups excluding carboxylic acids is 1. The largest absolute Gasteiger partial charge is 0.401 e. The molecular weight excluding hydrogens is 370 g/mol. The van der Waals surface area contributed by atoms with E-state index in [1.54, 1.807) is 23.9 Å². The average Bonchev–Trinajstić information content (AvgIpc) is 3.31. The Bertz CT molecular complexity index is 1050. The topological polar surface area (TPSA) is 120 Å². The first-order valence-electron chi connectivity index (χ1n) is 8.33. The first-order valence-corrected chi connectivity index (χ1v) is 9.98. The van der Waals surface area contributed by atoms with Crippen molar-refractivity contribution < 1.29 is 17.6 Å². The number of anilines is 1. The van der Waals surface area contributed by atoms with Crippen molar-refractivity contribution in [1.29, 1.82) is 0 Å². The predicted octanol–water partition coefficient (Wildman–Crippen LogP) is 2.56. The molecule has 1 aromatic carbocycles. The van der Waals surface area contributed by atoms with Crippen LogP contribution in [-0.2, 0) is 9.84 Å². The summed E-state index contributed by atoms with van der Waals surface area (Å²) in [4.78, 5) is 12.4. The number of hydrogen-bond acceptors (Lipinski definition) is 7. The van der Waals surface area contributed by atoms with Gasteiger partial charge in [-0.3, -0.25) is 14.8 Å². The number of hydrogen-bond donors (Lipinski definition) is 1. The van der Waals surface area contributed by atoms with Crippen LogP contribution < -0.4 is 5.32 Å². The van der Waals surface area contributed by atoms with Crippen LogP contribution in [0.4, 0.5) is 6.01 Å². The molecule has 1 N–H and O–H groups in total. The summed E-state index contributed by atoms with van der Waals surface area (Å²) in [7, 11) is -3.31. The van der Waals surface area contributed by atoms with Crippen LogP contribution in [0, 0.1) is 0 Å². The van der Waals surface area contributed by atoms with Crippen molar-refractivity contribution in [1.82, 2.24) is 20.0 Å². The molecule has 3 rings (SSSR count). The second kappa shape index (κ2) is 7.31. The van der Waals surface area contributed by atoms with Crippen LogP contribution in [0.2, 0.25) is 0 Å². The molecule has 0 unspecified atom stereocenters. The minimum atomic E-state index is -3.31. The van der Waals surface area contributed by atoms with Gasteiger partial charge in [0.2, 0.25) is 0 Å². The molecule has 0 fully saturated rings. The maximum absolute atomic E-state index is 12.3. The molecule has 9 nitrogen and oxygen atoms in total. The highest BCUT2D eigenvalue weighted by Crippen LogP contribution is 2.19. The molecule has 27 heavy (non-hydrogen) atoms. The van der Waals surface area contributed by atoms with Crippen LogP contribution in [0.1, 0.15) is 37.2 Å². The fourth-order valence-corrected chi connectivity index (χ4v) is 3.15. The van der Waals surface area contributed by atoms with Gasteiger partial charge in [-0.1, -0.05) is 12.0 Å². The monoisotopic (exact) mass is 389 g/mol. The highest BCUT2D eigenvalue weighted by atomic mass is 32.2. The van der Waals surface area contributed by atoms with Crippen molar-refractivity contribution >= 4 is 21.8 Å². The number of nitrogens with one attached hydrogen (secondary N) is 1. The first kappa shape index (κ1) is 18.8. The summed E-state index contributed by atoms with van der Waals surface area (Å²) in [5.41, 5.74) is 0.778. The Morgan fingerprint density at radius 2 is 1.89 bits per heavy atom. The van der Waals surface area contributed by atoms with E-state index in [1.807, 2.05) is 13.8 Å². The Balaban J connectivity index is 1.72. The van der Waals surface area contributed by atoms with E-state index >= 15 is 0 Å². The normalized spacial score (nSPS) is 11.7. The molecule has 0 aliphatic carbocycles. The zero-order chi connectivity index (χ0) is 19.6. The van der Waals surface area contributed by atoms with E-state index in [2.05, 4.69) is 20.6 Å². The summed E-state index contributed by atoms with van der Waals surface area (Å²) >= 11 is 0. The maximum atomic E-state index is 12.3. The summed E-state index contributed by atoms with van der Waals surface area (Å²) in [6.45, 7) is 5.55. The zero-order valence-corrected chi connectivity index (χ0v) is 15.9. The summed E-state index contributed by atoms with van der Waals surface area (Å²) in [5.74, 6) is -0.303. The van der Waals surface area contributed by atoms with Crippen molar-refractivity contribution in [3.05, 3.63) is 42.1 Å². The van der Waals surface area contributed by atoms with Crippen molar-refractivity contribution in [3.63, 3.8) is 0 Å².